The van der Waals surface area contributed by atoms with Gasteiger partial charge in [-0.05, 0) is 20.8 Å². The molecule has 1 aliphatic rings. The molecule has 0 N–H and O–H groups in total. The Bertz CT molecular complexity index is 459. The first-order valence-electron chi connectivity index (χ1n) is 5.31. The third-order valence-corrected chi connectivity index (χ3v) is 2.35. The lowest BCUT2D eigenvalue weighted by Gasteiger charge is -2.23. The molecule has 6 nitrogen and oxygen atoms in total. The Morgan fingerprint density at radius 3 is 2.76 bits per heavy atom. The second kappa shape index (κ2) is 3.87. The van der Waals surface area contributed by atoms with Crippen molar-refractivity contribution in [3.05, 3.63) is 17.0 Å². The normalized spacial score (nSPS) is 14.6. The lowest BCUT2D eigenvalue weighted by molar-refractivity contribution is 0.0230. The Labute approximate surface area is 98.5 Å². The van der Waals surface area contributed by atoms with Gasteiger partial charge in [-0.3, -0.25) is 9.69 Å². The van der Waals surface area contributed by atoms with Gasteiger partial charge in [0, 0.05) is 5.56 Å². The van der Waals surface area contributed by atoms with Crippen LogP contribution in [0.4, 0.5) is 4.79 Å². The van der Waals surface area contributed by atoms with E-state index in [0.717, 1.165) is 0 Å². The molecule has 6 heteroatoms. The van der Waals surface area contributed by atoms with Crippen LogP contribution in [-0.4, -0.2) is 28.0 Å². The van der Waals surface area contributed by atoms with Crippen molar-refractivity contribution in [1.29, 1.82) is 0 Å². The zero-order valence-corrected chi connectivity index (χ0v) is 10.0. The number of fused-ring (bicyclic) bond motifs is 1. The fraction of sp³-hybridized carbons (Fsp3) is 0.545. The van der Waals surface area contributed by atoms with Gasteiger partial charge in [-0.1, -0.05) is 5.16 Å². The number of hydrogen-bond donors (Lipinski definition) is 0. The van der Waals surface area contributed by atoms with Crippen LogP contribution < -0.4 is 0 Å². The number of aromatic nitrogens is 1. The zero-order valence-electron chi connectivity index (χ0n) is 10.0. The molecule has 0 saturated carbocycles. The van der Waals surface area contributed by atoms with E-state index >= 15 is 0 Å². The Morgan fingerprint density at radius 2 is 2.18 bits per heavy atom. The van der Waals surface area contributed by atoms with Gasteiger partial charge >= 0.3 is 6.09 Å². The van der Waals surface area contributed by atoms with Crippen LogP contribution >= 0.6 is 0 Å². The Kier molecular flexibility index (Phi) is 2.65. The topological polar surface area (TPSA) is 72.6 Å². The predicted molar refractivity (Wildman–Crippen MR) is 57.4 cm³/mol. The summed E-state index contributed by atoms with van der Waals surface area (Å²) in [5.41, 5.74) is 0.393. The SMILES string of the molecule is CC(C)(C)OC(=O)N1Cc2onc(C=O)c2C1. The minimum atomic E-state index is -0.535. The first kappa shape index (κ1) is 11.6. The lowest BCUT2D eigenvalue weighted by atomic mass is 10.2. The number of carbonyl (C=O) groups is 2. The summed E-state index contributed by atoms with van der Waals surface area (Å²) in [6.45, 7) is 6.01. The molecule has 0 aliphatic carbocycles. The molecule has 0 fully saturated rings. The van der Waals surface area contributed by atoms with Crippen LogP contribution in [-0.2, 0) is 17.8 Å². The van der Waals surface area contributed by atoms with E-state index in [0.29, 0.717) is 30.7 Å². The summed E-state index contributed by atoms with van der Waals surface area (Å²) in [4.78, 5) is 23.9. The Hall–Kier alpha value is -1.85. The van der Waals surface area contributed by atoms with E-state index in [2.05, 4.69) is 5.16 Å². The summed E-state index contributed by atoms with van der Waals surface area (Å²) in [7, 11) is 0. The van der Waals surface area contributed by atoms with Crippen LogP contribution in [0.2, 0.25) is 0 Å². The largest absolute Gasteiger partial charge is 0.444 e. The van der Waals surface area contributed by atoms with Crippen LogP contribution in [0.25, 0.3) is 0 Å². The number of amides is 1. The zero-order chi connectivity index (χ0) is 12.6. The molecule has 92 valence electrons. The van der Waals surface area contributed by atoms with E-state index in [9.17, 15) is 9.59 Å². The molecule has 0 aromatic carbocycles. The molecule has 0 unspecified atom stereocenters. The third-order valence-electron chi connectivity index (χ3n) is 2.35. The molecule has 2 rings (SSSR count). The summed E-state index contributed by atoms with van der Waals surface area (Å²) < 4.78 is 10.2. The van der Waals surface area contributed by atoms with Crippen molar-refractivity contribution in [3.63, 3.8) is 0 Å². The molecular weight excluding hydrogens is 224 g/mol. The van der Waals surface area contributed by atoms with Crippen LogP contribution in [0.1, 0.15) is 42.6 Å². The first-order valence-corrected chi connectivity index (χ1v) is 5.31. The van der Waals surface area contributed by atoms with Crippen molar-refractivity contribution in [3.8, 4) is 0 Å². The second-order valence-corrected chi connectivity index (χ2v) is 4.92. The number of ether oxygens (including phenoxy) is 1. The minimum absolute atomic E-state index is 0.256. The van der Waals surface area contributed by atoms with Crippen molar-refractivity contribution in [2.24, 2.45) is 0 Å². The van der Waals surface area contributed by atoms with E-state index in [1.165, 1.54) is 4.90 Å². The smallest absolute Gasteiger partial charge is 0.411 e. The van der Waals surface area contributed by atoms with Gasteiger partial charge in [0.15, 0.2) is 17.7 Å². The van der Waals surface area contributed by atoms with E-state index in [4.69, 9.17) is 9.26 Å². The highest BCUT2D eigenvalue weighted by atomic mass is 16.6. The highest BCUT2D eigenvalue weighted by Gasteiger charge is 2.32. The number of aldehydes is 1. The highest BCUT2D eigenvalue weighted by molar-refractivity contribution is 5.76. The fourth-order valence-corrected chi connectivity index (χ4v) is 1.62. The van der Waals surface area contributed by atoms with Crippen molar-refractivity contribution in [1.82, 2.24) is 10.1 Å². The molecule has 2 heterocycles. The van der Waals surface area contributed by atoms with Crippen molar-refractivity contribution < 1.29 is 18.8 Å². The minimum Gasteiger partial charge on any atom is -0.444 e. The average Bonchev–Trinajstić information content (AvgIpc) is 2.72. The van der Waals surface area contributed by atoms with Gasteiger partial charge in [-0.15, -0.1) is 0 Å². The summed E-state index contributed by atoms with van der Waals surface area (Å²) in [6, 6.07) is 0. The second-order valence-electron chi connectivity index (χ2n) is 4.92. The van der Waals surface area contributed by atoms with E-state index in [1.54, 1.807) is 20.8 Å². The van der Waals surface area contributed by atoms with Gasteiger partial charge < -0.3 is 9.26 Å². The standard InChI is InChI=1S/C11H14N2O4/c1-11(2,3)16-10(15)13-4-7-8(6-14)12-17-9(7)5-13/h6H,4-5H2,1-3H3. The van der Waals surface area contributed by atoms with Gasteiger partial charge in [0.05, 0.1) is 13.1 Å². The maximum Gasteiger partial charge on any atom is 0.411 e. The van der Waals surface area contributed by atoms with Gasteiger partial charge in [0.2, 0.25) is 0 Å². The van der Waals surface area contributed by atoms with Gasteiger partial charge in [0.25, 0.3) is 0 Å². The summed E-state index contributed by atoms with van der Waals surface area (Å²) >= 11 is 0. The van der Waals surface area contributed by atoms with Gasteiger partial charge in [-0.2, -0.15) is 0 Å². The van der Waals surface area contributed by atoms with Crippen LogP contribution in [0, 0.1) is 0 Å². The molecule has 0 bridgehead atoms. The highest BCUT2D eigenvalue weighted by Crippen LogP contribution is 2.26. The van der Waals surface area contributed by atoms with Crippen LogP contribution in [0.15, 0.2) is 4.52 Å². The summed E-state index contributed by atoms with van der Waals surface area (Å²) in [5.74, 6) is 0.554. The molecule has 1 aromatic heterocycles. The third kappa shape index (κ3) is 2.30. The molecule has 17 heavy (non-hydrogen) atoms. The fourth-order valence-electron chi connectivity index (χ4n) is 1.62. The lowest BCUT2D eigenvalue weighted by Crippen LogP contribution is -2.33. The Balaban J connectivity index is 2.07. The molecule has 1 aliphatic heterocycles. The molecule has 0 radical (unpaired) electrons. The van der Waals surface area contributed by atoms with Gasteiger partial charge in [0.1, 0.15) is 5.60 Å². The number of nitrogens with zero attached hydrogens (tertiary/aromatic N) is 2. The molecule has 1 amide bonds. The monoisotopic (exact) mass is 238 g/mol. The van der Waals surface area contributed by atoms with Crippen LogP contribution in [0.5, 0.6) is 0 Å². The summed E-state index contributed by atoms with van der Waals surface area (Å²) in [6.07, 6.45) is 0.210. The molecule has 0 spiro atoms. The quantitative estimate of drug-likeness (QED) is 0.697. The predicted octanol–water partition coefficient (Wildman–Crippen LogP) is 1.74. The molecule has 1 aromatic rings. The van der Waals surface area contributed by atoms with E-state index in [1.807, 2.05) is 0 Å². The molecular formula is C11H14N2O4. The Morgan fingerprint density at radius 1 is 1.47 bits per heavy atom. The first-order chi connectivity index (χ1) is 7.90. The van der Waals surface area contributed by atoms with Crippen LogP contribution in [0.3, 0.4) is 0 Å². The van der Waals surface area contributed by atoms with Crippen molar-refractivity contribution in [2.75, 3.05) is 0 Å². The van der Waals surface area contributed by atoms with Gasteiger partial charge in [-0.25, -0.2) is 4.79 Å². The number of rotatable bonds is 1. The van der Waals surface area contributed by atoms with E-state index in [-0.39, 0.29) is 5.69 Å². The maximum absolute atomic E-state index is 11.8. The van der Waals surface area contributed by atoms with Crippen molar-refractivity contribution in [2.45, 2.75) is 39.5 Å². The molecule has 0 atom stereocenters. The number of carbonyl (C=O) groups excluding carboxylic acids is 2. The average molecular weight is 238 g/mol. The molecule has 0 saturated heterocycles. The number of hydrogen-bond acceptors (Lipinski definition) is 5. The summed E-state index contributed by atoms with van der Waals surface area (Å²) in [5, 5.41) is 3.60. The van der Waals surface area contributed by atoms with Crippen molar-refractivity contribution >= 4 is 12.4 Å². The maximum atomic E-state index is 11.8. The van der Waals surface area contributed by atoms with E-state index < -0.39 is 11.7 Å².